The molecule has 10 heteroatoms. The van der Waals surface area contributed by atoms with Gasteiger partial charge in [0.1, 0.15) is 29.7 Å². The summed E-state index contributed by atoms with van der Waals surface area (Å²) in [6, 6.07) is 0.0992. The third-order valence-corrected chi connectivity index (χ3v) is 5.90. The van der Waals surface area contributed by atoms with E-state index in [9.17, 15) is 9.50 Å². The number of nitrogens with two attached hydrogens (primary N) is 1. The van der Waals surface area contributed by atoms with Crippen molar-refractivity contribution < 1.29 is 14.1 Å². The zero-order valence-corrected chi connectivity index (χ0v) is 15.9. The van der Waals surface area contributed by atoms with Crippen LogP contribution in [0.2, 0.25) is 0 Å². The molecule has 8 nitrogen and oxygen atoms in total. The Kier molecular flexibility index (Phi) is 4.47. The maximum absolute atomic E-state index is 14.0. The molecule has 27 heavy (non-hydrogen) atoms. The molecule has 0 saturated carbocycles. The van der Waals surface area contributed by atoms with Crippen molar-refractivity contribution in [2.75, 3.05) is 23.7 Å². The summed E-state index contributed by atoms with van der Waals surface area (Å²) >= 11 is 1.59. The van der Waals surface area contributed by atoms with E-state index in [1.807, 2.05) is 9.48 Å². The van der Waals surface area contributed by atoms with Crippen LogP contribution >= 0.6 is 11.8 Å². The molecule has 2 aromatic heterocycles. The van der Waals surface area contributed by atoms with Crippen LogP contribution in [-0.2, 0) is 5.60 Å². The number of nitrogens with zero attached hydrogens (tertiary/aromatic N) is 6. The highest BCUT2D eigenvalue weighted by Gasteiger charge is 2.43. The number of rotatable bonds is 3. The van der Waals surface area contributed by atoms with Gasteiger partial charge >= 0.3 is 0 Å². The summed E-state index contributed by atoms with van der Waals surface area (Å²) in [5.74, 6) is 1.70. The molecule has 0 radical (unpaired) electrons. The Morgan fingerprint density at radius 2 is 2.11 bits per heavy atom. The monoisotopic (exact) mass is 390 g/mol. The number of amidine groups is 1. The lowest BCUT2D eigenvalue weighted by Crippen LogP contribution is -2.42. The molecule has 2 aliphatic heterocycles. The van der Waals surface area contributed by atoms with E-state index >= 15 is 0 Å². The summed E-state index contributed by atoms with van der Waals surface area (Å²) in [7, 11) is 0. The Morgan fingerprint density at radius 1 is 1.30 bits per heavy atom. The van der Waals surface area contributed by atoms with Crippen LogP contribution < -0.4 is 10.6 Å². The van der Waals surface area contributed by atoms with Crippen LogP contribution in [0.3, 0.4) is 0 Å². The van der Waals surface area contributed by atoms with Gasteiger partial charge in [0.25, 0.3) is 11.0 Å². The normalized spacial score (nSPS) is 22.9. The van der Waals surface area contributed by atoms with Crippen molar-refractivity contribution in [2.24, 2.45) is 11.7 Å². The van der Waals surface area contributed by atoms with Crippen molar-refractivity contribution in [2.45, 2.75) is 25.5 Å². The van der Waals surface area contributed by atoms with Gasteiger partial charge in [-0.2, -0.15) is 0 Å². The fourth-order valence-electron chi connectivity index (χ4n) is 3.54. The van der Waals surface area contributed by atoms with E-state index in [1.54, 1.807) is 30.4 Å². The third-order valence-electron chi connectivity index (χ3n) is 4.81. The number of thioether (sulfide) groups is 1. The molecule has 142 valence electrons. The topological polar surface area (TPSA) is 104 Å². The predicted octanol–water partition coefficient (Wildman–Crippen LogP) is 0.844. The number of fused-ring (bicyclic) bond motifs is 1. The van der Waals surface area contributed by atoms with E-state index in [2.05, 4.69) is 19.9 Å². The molecular formula is C17H21FN7OS+. The van der Waals surface area contributed by atoms with E-state index in [-0.39, 0.29) is 11.7 Å². The van der Waals surface area contributed by atoms with Crippen LogP contribution in [0.15, 0.2) is 24.8 Å². The first kappa shape index (κ1) is 18.1. The summed E-state index contributed by atoms with van der Waals surface area (Å²) in [6.07, 6.45) is 6.08. The van der Waals surface area contributed by atoms with Crippen LogP contribution in [0.25, 0.3) is 0 Å². The van der Waals surface area contributed by atoms with Crippen LogP contribution in [0.4, 0.5) is 16.2 Å². The minimum atomic E-state index is -1.38. The van der Waals surface area contributed by atoms with Gasteiger partial charge in [0.15, 0.2) is 5.82 Å². The predicted molar refractivity (Wildman–Crippen MR) is 100 cm³/mol. The van der Waals surface area contributed by atoms with Crippen molar-refractivity contribution in [3.05, 3.63) is 36.3 Å². The first-order valence-corrected chi connectivity index (χ1v) is 9.64. The molecule has 0 unspecified atom stereocenters. The Morgan fingerprint density at radius 3 is 2.81 bits per heavy atom. The number of aromatic nitrogens is 4. The van der Waals surface area contributed by atoms with Crippen molar-refractivity contribution in [1.29, 1.82) is 0 Å². The molecule has 0 spiro atoms. The standard InChI is InChI=1S/C17H20FN7OS/c1-17(2,26)14-11(18)5-22-16(23-14)24-7-10-9-27-15(19)25(12(10)8-24)13-6-20-3-4-21-13/h3-6,10,12,19,26H,7-9H2,1-2H3/p+1/t10-,12-/m0/s1. The highest BCUT2D eigenvalue weighted by molar-refractivity contribution is 8.13. The average Bonchev–Trinajstić information content (AvgIpc) is 3.06. The number of hydrogen-bond acceptors (Lipinski definition) is 8. The van der Waals surface area contributed by atoms with Gasteiger partial charge in [-0.15, -0.1) is 4.98 Å². The van der Waals surface area contributed by atoms with Crippen molar-refractivity contribution in [3.8, 4) is 0 Å². The maximum atomic E-state index is 14.0. The van der Waals surface area contributed by atoms with Gasteiger partial charge in [0.05, 0.1) is 18.9 Å². The fraction of sp³-hybridized carbons (Fsp3) is 0.471. The molecular weight excluding hydrogens is 369 g/mol. The van der Waals surface area contributed by atoms with E-state index in [4.69, 9.17) is 5.73 Å². The second-order valence-corrected chi connectivity index (χ2v) is 8.28. The number of halogens is 1. The Hall–Kier alpha value is -2.33. The van der Waals surface area contributed by atoms with E-state index in [0.717, 1.165) is 18.5 Å². The summed E-state index contributed by atoms with van der Waals surface area (Å²) in [4.78, 5) is 19.0. The largest absolute Gasteiger partial charge is 0.384 e. The average molecular weight is 390 g/mol. The van der Waals surface area contributed by atoms with Crippen LogP contribution in [0, 0.1) is 11.7 Å². The Bertz CT molecular complexity index is 887. The van der Waals surface area contributed by atoms with Crippen LogP contribution in [0.1, 0.15) is 19.5 Å². The Balaban J connectivity index is 1.65. The minimum Gasteiger partial charge on any atom is -0.384 e. The van der Waals surface area contributed by atoms with Gasteiger partial charge in [-0.1, -0.05) is 11.8 Å². The highest BCUT2D eigenvalue weighted by Crippen LogP contribution is 2.33. The maximum Gasteiger partial charge on any atom is 0.281 e. The number of hydrogen-bond donors (Lipinski definition) is 2. The molecule has 0 aliphatic carbocycles. The zero-order chi connectivity index (χ0) is 19.2. The molecule has 2 atom stereocenters. The lowest BCUT2D eigenvalue weighted by Gasteiger charge is -2.25. The SMILES string of the molecule is CC(C)(O)c1nc(N2C[C@H]3CSC(N)=[N+](c4cnccn4)[C@H]3C2)ncc1F. The second-order valence-electron chi connectivity index (χ2n) is 7.24. The summed E-state index contributed by atoms with van der Waals surface area (Å²) in [5, 5.41) is 10.9. The van der Waals surface area contributed by atoms with Gasteiger partial charge in [0, 0.05) is 18.2 Å². The summed E-state index contributed by atoms with van der Waals surface area (Å²) in [5.41, 5.74) is 4.87. The van der Waals surface area contributed by atoms with Crippen molar-refractivity contribution in [3.63, 3.8) is 0 Å². The molecule has 1 saturated heterocycles. The zero-order valence-electron chi connectivity index (χ0n) is 15.1. The lowest BCUT2D eigenvalue weighted by atomic mass is 10.1. The highest BCUT2D eigenvalue weighted by atomic mass is 32.2. The van der Waals surface area contributed by atoms with Gasteiger partial charge in [0.2, 0.25) is 5.95 Å². The summed E-state index contributed by atoms with van der Waals surface area (Å²) < 4.78 is 16.0. The van der Waals surface area contributed by atoms with E-state index < -0.39 is 11.4 Å². The van der Waals surface area contributed by atoms with E-state index in [0.29, 0.717) is 29.4 Å². The number of anilines is 1. The third kappa shape index (κ3) is 3.34. The molecule has 4 rings (SSSR count). The molecule has 2 aromatic rings. The lowest BCUT2D eigenvalue weighted by molar-refractivity contribution is -0.490. The molecule has 0 amide bonds. The molecule has 1 fully saturated rings. The summed E-state index contributed by atoms with van der Waals surface area (Å²) in [6.45, 7) is 4.36. The smallest absolute Gasteiger partial charge is 0.281 e. The van der Waals surface area contributed by atoms with Crippen LogP contribution in [-0.4, -0.2) is 59.7 Å². The molecule has 0 bridgehead atoms. The quantitative estimate of drug-likeness (QED) is 0.743. The number of aliphatic hydroxyl groups is 1. The molecule has 2 aliphatic rings. The molecule has 4 heterocycles. The fourth-order valence-corrected chi connectivity index (χ4v) is 4.62. The van der Waals surface area contributed by atoms with Crippen molar-refractivity contribution >= 4 is 28.7 Å². The second kappa shape index (κ2) is 6.68. The van der Waals surface area contributed by atoms with Gasteiger partial charge in [-0.3, -0.25) is 4.98 Å². The molecule has 3 N–H and O–H groups in total. The van der Waals surface area contributed by atoms with Crippen molar-refractivity contribution in [1.82, 2.24) is 19.9 Å². The Labute approximate surface area is 160 Å². The van der Waals surface area contributed by atoms with Crippen LogP contribution in [0.5, 0.6) is 0 Å². The minimum absolute atomic E-state index is 0.00592. The van der Waals surface area contributed by atoms with Gasteiger partial charge < -0.3 is 15.7 Å². The molecule has 0 aromatic carbocycles. The van der Waals surface area contributed by atoms with Gasteiger partial charge in [-0.25, -0.2) is 18.9 Å². The first-order valence-electron chi connectivity index (χ1n) is 8.65. The first-order chi connectivity index (χ1) is 12.8. The van der Waals surface area contributed by atoms with Gasteiger partial charge in [-0.05, 0) is 13.8 Å². The van der Waals surface area contributed by atoms with E-state index in [1.165, 1.54) is 13.8 Å².